The Labute approximate surface area is 117 Å². The van der Waals surface area contributed by atoms with E-state index in [0.29, 0.717) is 17.1 Å². The molecule has 0 aromatic heterocycles. The summed E-state index contributed by atoms with van der Waals surface area (Å²) in [7, 11) is 0. The molecule has 0 unspecified atom stereocenters. The third-order valence-electron chi connectivity index (χ3n) is 3.40. The maximum atomic E-state index is 11.4. The molecule has 1 aliphatic heterocycles. The van der Waals surface area contributed by atoms with E-state index >= 15 is 0 Å². The molecule has 1 aromatic carbocycles. The van der Waals surface area contributed by atoms with E-state index in [9.17, 15) is 9.59 Å². The van der Waals surface area contributed by atoms with Crippen LogP contribution in [0.1, 0.15) is 23.7 Å². The summed E-state index contributed by atoms with van der Waals surface area (Å²) in [5.74, 6) is 0.101. The zero-order valence-electron chi connectivity index (χ0n) is 10.9. The average molecular weight is 281 g/mol. The molecule has 0 spiro atoms. The van der Waals surface area contributed by atoms with Gasteiger partial charge in [0.1, 0.15) is 0 Å². The lowest BCUT2D eigenvalue weighted by Gasteiger charge is -2.24. The Balaban J connectivity index is 2.20. The molecule has 1 heterocycles. The van der Waals surface area contributed by atoms with Gasteiger partial charge < -0.3 is 9.80 Å². The van der Waals surface area contributed by atoms with E-state index in [0.717, 1.165) is 38.0 Å². The Morgan fingerprint density at radius 3 is 2.74 bits per heavy atom. The van der Waals surface area contributed by atoms with E-state index in [-0.39, 0.29) is 5.91 Å². The molecule has 0 aliphatic carbocycles. The lowest BCUT2D eigenvalue weighted by molar-refractivity contribution is -0.128. The zero-order chi connectivity index (χ0) is 13.8. The van der Waals surface area contributed by atoms with Gasteiger partial charge in [-0.15, -0.1) is 0 Å². The van der Waals surface area contributed by atoms with Crippen LogP contribution in [0, 0.1) is 0 Å². The summed E-state index contributed by atoms with van der Waals surface area (Å²) in [6.07, 6.45) is 1.74. The van der Waals surface area contributed by atoms with Gasteiger partial charge in [0.2, 0.25) is 5.91 Å². The van der Waals surface area contributed by atoms with Crippen molar-refractivity contribution in [3.63, 3.8) is 0 Å². The third-order valence-corrected chi connectivity index (χ3v) is 3.64. The van der Waals surface area contributed by atoms with Crippen LogP contribution in [-0.2, 0) is 4.79 Å². The Morgan fingerprint density at radius 1 is 1.26 bits per heavy atom. The molecule has 1 saturated heterocycles. The molecule has 0 saturated carbocycles. The van der Waals surface area contributed by atoms with Gasteiger partial charge in [-0.05, 0) is 24.6 Å². The van der Waals surface area contributed by atoms with E-state index in [2.05, 4.69) is 4.90 Å². The first-order chi connectivity index (χ1) is 9.11. The maximum absolute atomic E-state index is 11.4. The zero-order valence-corrected chi connectivity index (χ0v) is 11.7. The number of carbonyl (C=O) groups is 2. The molecule has 2 rings (SSSR count). The van der Waals surface area contributed by atoms with Gasteiger partial charge in [-0.25, -0.2) is 0 Å². The first kappa shape index (κ1) is 13.9. The second-order valence-electron chi connectivity index (χ2n) is 4.67. The molecular formula is C14H17ClN2O2. The molecular weight excluding hydrogens is 264 g/mol. The normalized spacial score (nSPS) is 16.1. The molecule has 5 heteroatoms. The summed E-state index contributed by atoms with van der Waals surface area (Å²) < 4.78 is 0. The van der Waals surface area contributed by atoms with Gasteiger partial charge in [-0.1, -0.05) is 11.6 Å². The summed E-state index contributed by atoms with van der Waals surface area (Å²) >= 11 is 6.01. The first-order valence-corrected chi connectivity index (χ1v) is 6.75. The van der Waals surface area contributed by atoms with E-state index in [1.54, 1.807) is 19.1 Å². The predicted molar refractivity (Wildman–Crippen MR) is 75.9 cm³/mol. The Morgan fingerprint density at radius 2 is 2.05 bits per heavy atom. The molecule has 0 N–H and O–H groups in total. The van der Waals surface area contributed by atoms with Crippen molar-refractivity contribution < 1.29 is 9.59 Å². The summed E-state index contributed by atoms with van der Waals surface area (Å²) in [5.41, 5.74) is 1.49. The predicted octanol–water partition coefficient (Wildman–Crippen LogP) is 2.21. The van der Waals surface area contributed by atoms with Crippen LogP contribution in [0.5, 0.6) is 0 Å². The second-order valence-corrected chi connectivity index (χ2v) is 5.10. The molecule has 0 atom stereocenters. The van der Waals surface area contributed by atoms with Crippen molar-refractivity contribution >= 4 is 29.5 Å². The molecule has 0 radical (unpaired) electrons. The number of rotatable bonds is 2. The van der Waals surface area contributed by atoms with E-state index in [4.69, 9.17) is 11.6 Å². The molecule has 1 aromatic rings. The van der Waals surface area contributed by atoms with E-state index < -0.39 is 0 Å². The van der Waals surface area contributed by atoms with Crippen molar-refractivity contribution in [2.75, 3.05) is 31.1 Å². The van der Waals surface area contributed by atoms with Gasteiger partial charge in [-0.3, -0.25) is 9.59 Å². The lowest BCUT2D eigenvalue weighted by atomic mass is 10.1. The minimum Gasteiger partial charge on any atom is -0.369 e. The van der Waals surface area contributed by atoms with Crippen LogP contribution in [0.3, 0.4) is 0 Å². The van der Waals surface area contributed by atoms with Crippen LogP contribution in [-0.4, -0.2) is 43.3 Å². The van der Waals surface area contributed by atoms with Crippen LogP contribution in [0.15, 0.2) is 18.2 Å². The number of benzene rings is 1. The molecule has 1 fully saturated rings. The molecule has 0 bridgehead atoms. The first-order valence-electron chi connectivity index (χ1n) is 6.37. The van der Waals surface area contributed by atoms with Crippen molar-refractivity contribution in [3.05, 3.63) is 28.8 Å². The fourth-order valence-electron chi connectivity index (χ4n) is 2.36. The number of carbonyl (C=O) groups excluding carboxylic acids is 2. The number of amides is 1. The van der Waals surface area contributed by atoms with Gasteiger partial charge in [-0.2, -0.15) is 0 Å². The monoisotopic (exact) mass is 280 g/mol. The van der Waals surface area contributed by atoms with Crippen LogP contribution < -0.4 is 4.90 Å². The molecule has 1 aliphatic rings. The van der Waals surface area contributed by atoms with E-state index in [1.807, 2.05) is 11.0 Å². The average Bonchev–Trinajstić information content (AvgIpc) is 2.64. The van der Waals surface area contributed by atoms with Crippen molar-refractivity contribution in [1.29, 1.82) is 0 Å². The number of hydrogen-bond donors (Lipinski definition) is 0. The van der Waals surface area contributed by atoms with E-state index in [1.165, 1.54) is 0 Å². The van der Waals surface area contributed by atoms with Crippen LogP contribution in [0.2, 0.25) is 5.02 Å². The van der Waals surface area contributed by atoms with Crippen molar-refractivity contribution in [2.24, 2.45) is 0 Å². The number of nitrogens with zero attached hydrogens (tertiary/aromatic N) is 2. The highest BCUT2D eigenvalue weighted by Gasteiger charge is 2.18. The highest BCUT2D eigenvalue weighted by molar-refractivity contribution is 6.31. The Kier molecular flexibility index (Phi) is 4.43. The molecule has 1 amide bonds. The summed E-state index contributed by atoms with van der Waals surface area (Å²) in [4.78, 5) is 26.5. The number of hydrogen-bond acceptors (Lipinski definition) is 3. The maximum Gasteiger partial charge on any atom is 0.219 e. The van der Waals surface area contributed by atoms with Gasteiger partial charge in [0, 0.05) is 49.4 Å². The van der Waals surface area contributed by atoms with Crippen molar-refractivity contribution in [1.82, 2.24) is 4.90 Å². The highest BCUT2D eigenvalue weighted by Crippen LogP contribution is 2.25. The van der Waals surface area contributed by atoms with Crippen molar-refractivity contribution in [2.45, 2.75) is 13.3 Å². The standard InChI is InChI=1S/C14H17ClN2O2/c1-11(19)16-5-2-6-17(8-7-16)14-9-13(15)4-3-12(14)10-18/h3-4,9-10H,2,5-8H2,1H3. The topological polar surface area (TPSA) is 40.6 Å². The minimum absolute atomic E-state index is 0.101. The highest BCUT2D eigenvalue weighted by atomic mass is 35.5. The quantitative estimate of drug-likeness (QED) is 0.780. The smallest absolute Gasteiger partial charge is 0.219 e. The molecule has 4 nitrogen and oxygen atoms in total. The van der Waals surface area contributed by atoms with Gasteiger partial charge >= 0.3 is 0 Å². The summed E-state index contributed by atoms with van der Waals surface area (Å²) in [5, 5.41) is 0.619. The van der Waals surface area contributed by atoms with Gasteiger partial charge in [0.05, 0.1) is 0 Å². The fraction of sp³-hybridized carbons (Fsp3) is 0.429. The third kappa shape index (κ3) is 3.26. The number of anilines is 1. The summed E-state index contributed by atoms with van der Waals surface area (Å²) in [6, 6.07) is 5.27. The van der Waals surface area contributed by atoms with Gasteiger partial charge in [0.15, 0.2) is 6.29 Å². The van der Waals surface area contributed by atoms with Crippen LogP contribution >= 0.6 is 11.6 Å². The summed E-state index contributed by atoms with van der Waals surface area (Å²) in [6.45, 7) is 4.58. The second kappa shape index (κ2) is 6.06. The largest absolute Gasteiger partial charge is 0.369 e. The fourth-order valence-corrected chi connectivity index (χ4v) is 2.53. The van der Waals surface area contributed by atoms with Crippen LogP contribution in [0.4, 0.5) is 5.69 Å². The minimum atomic E-state index is 0.101. The lowest BCUT2D eigenvalue weighted by Crippen LogP contribution is -2.33. The van der Waals surface area contributed by atoms with Crippen LogP contribution in [0.25, 0.3) is 0 Å². The molecule has 19 heavy (non-hydrogen) atoms. The Bertz CT molecular complexity index is 490. The Hall–Kier alpha value is -1.55. The number of halogens is 1. The molecule has 102 valence electrons. The SMILES string of the molecule is CC(=O)N1CCCN(c2cc(Cl)ccc2C=O)CC1. The number of aldehydes is 1. The van der Waals surface area contributed by atoms with Crippen molar-refractivity contribution in [3.8, 4) is 0 Å². The van der Waals surface area contributed by atoms with Gasteiger partial charge in [0.25, 0.3) is 0 Å².